The minimum atomic E-state index is -3.97. The molecule has 2 aromatic rings. The third kappa shape index (κ3) is 8.03. The summed E-state index contributed by atoms with van der Waals surface area (Å²) in [6, 6.07) is 17.5. The van der Waals surface area contributed by atoms with Gasteiger partial charge in [-0.2, -0.15) is 0 Å². The number of benzene rings is 2. The van der Waals surface area contributed by atoms with Crippen molar-refractivity contribution in [2.24, 2.45) is 0 Å². The fraction of sp³-hybridized carbons (Fsp3) is 0.429. The van der Waals surface area contributed by atoms with Gasteiger partial charge in [0.25, 0.3) is 0 Å². The molecule has 6 atom stereocenters. The van der Waals surface area contributed by atoms with Crippen molar-refractivity contribution in [1.29, 1.82) is 0 Å². The van der Waals surface area contributed by atoms with Crippen LogP contribution in [0.4, 0.5) is 0 Å². The van der Waals surface area contributed by atoms with Crippen LogP contribution in [-0.2, 0) is 32.0 Å². The number of hydrogen-bond acceptors (Lipinski definition) is 7. The van der Waals surface area contributed by atoms with Gasteiger partial charge in [0.05, 0.1) is 33.4 Å². The van der Waals surface area contributed by atoms with Crippen molar-refractivity contribution in [3.8, 4) is 0 Å². The third-order valence-electron chi connectivity index (χ3n) is 4.78. The van der Waals surface area contributed by atoms with Crippen LogP contribution in [0, 0.1) is 0 Å². The summed E-state index contributed by atoms with van der Waals surface area (Å²) in [6.45, 7) is 0.921. The van der Waals surface area contributed by atoms with Gasteiger partial charge in [0.1, 0.15) is 18.3 Å². The molecule has 1 aliphatic heterocycles. The maximum Gasteiger partial charge on any atom is 1.00 e. The molecule has 0 aliphatic carbocycles. The smallest absolute Gasteiger partial charge is 0.788 e. The van der Waals surface area contributed by atoms with E-state index < -0.39 is 44.8 Å². The monoisotopic (exact) mass is 459 g/mol. The van der Waals surface area contributed by atoms with Crippen LogP contribution in [-0.4, -0.2) is 54.1 Å². The summed E-state index contributed by atoms with van der Waals surface area (Å²) in [7, 11) is -3.97. The molecule has 1 aliphatic rings. The molecule has 1 heterocycles. The van der Waals surface area contributed by atoms with Gasteiger partial charge in [-0.15, -0.1) is 0 Å². The molecule has 0 bridgehead atoms. The first-order valence-corrected chi connectivity index (χ1v) is 11.8. The Morgan fingerprint density at radius 3 is 2.03 bits per heavy atom. The van der Waals surface area contributed by atoms with Crippen LogP contribution in [0.25, 0.3) is 0 Å². The van der Waals surface area contributed by atoms with E-state index >= 15 is 0 Å². The molecule has 0 saturated carbocycles. The summed E-state index contributed by atoms with van der Waals surface area (Å²) in [6.07, 6.45) is -4.22. The van der Waals surface area contributed by atoms with Gasteiger partial charge in [-0.05, 0) is 17.8 Å². The minimum absolute atomic E-state index is 0. The average molecular weight is 459 g/mol. The van der Waals surface area contributed by atoms with Crippen LogP contribution in [0.15, 0.2) is 60.7 Å². The number of rotatable bonds is 9. The average Bonchev–Trinajstić information content (AvgIpc) is 2.74. The third-order valence-corrected chi connectivity index (χ3v) is 5.55. The van der Waals surface area contributed by atoms with Gasteiger partial charge < -0.3 is 33.9 Å². The van der Waals surface area contributed by atoms with Crippen molar-refractivity contribution in [2.75, 3.05) is 13.3 Å². The Balaban J connectivity index is 0.00000341. The molecule has 1 saturated heterocycles. The first-order chi connectivity index (χ1) is 14.4. The Hall–Kier alpha value is -0.610. The van der Waals surface area contributed by atoms with Gasteiger partial charge in [0.15, 0.2) is 6.29 Å². The van der Waals surface area contributed by atoms with Crippen LogP contribution in [0.5, 0.6) is 0 Å². The zero-order valence-electron chi connectivity index (χ0n) is 17.7. The molecule has 2 aromatic carbocycles. The van der Waals surface area contributed by atoms with E-state index in [9.17, 15) is 19.7 Å². The summed E-state index contributed by atoms with van der Waals surface area (Å²) >= 11 is 0. The molecule has 10 heteroatoms. The van der Waals surface area contributed by atoms with Gasteiger partial charge in [-0.25, -0.2) is 0 Å². The van der Waals surface area contributed by atoms with E-state index in [2.05, 4.69) is 5.09 Å². The predicted molar refractivity (Wildman–Crippen MR) is 108 cm³/mol. The Morgan fingerprint density at radius 1 is 1.03 bits per heavy atom. The quantitative estimate of drug-likeness (QED) is 0.291. The largest absolute Gasteiger partial charge is 1.00 e. The second-order valence-corrected chi connectivity index (χ2v) is 9.22. The van der Waals surface area contributed by atoms with Crippen LogP contribution in [0.2, 0.25) is 0 Å². The Morgan fingerprint density at radius 2 is 1.55 bits per heavy atom. The van der Waals surface area contributed by atoms with E-state index in [1.165, 1.54) is 0 Å². The minimum Gasteiger partial charge on any atom is -0.788 e. The molecular formula is C21H27NNaO7P. The predicted octanol–water partition coefficient (Wildman–Crippen LogP) is -1.99. The van der Waals surface area contributed by atoms with E-state index in [1.807, 2.05) is 60.7 Å². The number of hydrogen-bond donors (Lipinski definition) is 3. The standard InChI is InChI=1S/C21H28NO7P.Na/c1-30(25,26)22-18-19(24)20(27-13-15-8-4-2-5-9-15)17(12-23)29-21(18)28-14-16-10-6-3-7-11-16;/h2-11,17-21,23-24H,12-14H2,1H3,(H2,22,25,26);/q;+1/p-1/t17?,18-,19?,20+,21+;/m0./s1. The normalized spacial score (nSPS) is 27.8. The van der Waals surface area contributed by atoms with Crippen LogP contribution in [0.1, 0.15) is 11.1 Å². The van der Waals surface area contributed by atoms with E-state index in [-0.39, 0.29) is 42.8 Å². The van der Waals surface area contributed by atoms with E-state index in [4.69, 9.17) is 14.2 Å². The van der Waals surface area contributed by atoms with Crippen LogP contribution < -0.4 is 39.5 Å². The number of ether oxygens (including phenoxy) is 3. The van der Waals surface area contributed by atoms with Crippen molar-refractivity contribution in [3.05, 3.63) is 71.8 Å². The topological polar surface area (TPSA) is 120 Å². The number of nitrogens with one attached hydrogen (secondary N) is 1. The molecule has 8 nitrogen and oxygen atoms in total. The summed E-state index contributed by atoms with van der Waals surface area (Å²) < 4.78 is 29.3. The van der Waals surface area contributed by atoms with Gasteiger partial charge in [0.2, 0.25) is 0 Å². The molecule has 0 amide bonds. The summed E-state index contributed by atoms with van der Waals surface area (Å²) in [5.41, 5.74) is 1.73. The Labute approximate surface area is 204 Å². The molecular weight excluding hydrogens is 432 g/mol. The molecule has 0 aromatic heterocycles. The molecule has 1 fully saturated rings. The molecule has 3 rings (SSSR count). The van der Waals surface area contributed by atoms with E-state index in [1.54, 1.807) is 0 Å². The van der Waals surface area contributed by atoms with Crippen molar-refractivity contribution in [2.45, 2.75) is 43.9 Å². The van der Waals surface area contributed by atoms with Crippen LogP contribution in [0.3, 0.4) is 0 Å². The fourth-order valence-electron chi connectivity index (χ4n) is 3.34. The Kier molecular flexibility index (Phi) is 10.8. The fourth-order valence-corrected chi connectivity index (χ4v) is 4.16. The second-order valence-electron chi connectivity index (χ2n) is 7.27. The van der Waals surface area contributed by atoms with Crippen molar-refractivity contribution in [3.63, 3.8) is 0 Å². The zero-order valence-corrected chi connectivity index (χ0v) is 20.6. The maximum atomic E-state index is 11.9. The second kappa shape index (κ2) is 12.6. The maximum absolute atomic E-state index is 11.9. The van der Waals surface area contributed by atoms with Gasteiger partial charge >= 0.3 is 29.6 Å². The van der Waals surface area contributed by atoms with E-state index in [0.717, 1.165) is 17.8 Å². The molecule has 3 unspecified atom stereocenters. The SMILES string of the molecule is CP(=O)([O-])N[C@H]1C(O)[C@H](OCc2ccccc2)C(CO)O[C@H]1OCc1ccccc1.[Na+]. The molecule has 0 spiro atoms. The van der Waals surface area contributed by atoms with Crippen molar-refractivity contribution in [1.82, 2.24) is 5.09 Å². The molecule has 31 heavy (non-hydrogen) atoms. The van der Waals surface area contributed by atoms with Crippen molar-refractivity contribution < 1.29 is 63.4 Å². The zero-order chi connectivity index (χ0) is 21.6. The van der Waals surface area contributed by atoms with Crippen LogP contribution >= 0.6 is 7.52 Å². The Bertz CT molecular complexity index is 823. The number of aliphatic hydroxyl groups is 2. The van der Waals surface area contributed by atoms with Gasteiger partial charge in [-0.1, -0.05) is 60.7 Å². The molecule has 3 N–H and O–H groups in total. The summed E-state index contributed by atoms with van der Waals surface area (Å²) in [4.78, 5) is 11.9. The number of aliphatic hydroxyl groups excluding tert-OH is 2. The van der Waals surface area contributed by atoms with Gasteiger partial charge in [0, 0.05) is 0 Å². The summed E-state index contributed by atoms with van der Waals surface area (Å²) in [5.74, 6) is 0. The summed E-state index contributed by atoms with van der Waals surface area (Å²) in [5, 5.41) is 23.1. The molecule has 164 valence electrons. The van der Waals surface area contributed by atoms with Crippen molar-refractivity contribution >= 4 is 7.52 Å². The first-order valence-electron chi connectivity index (χ1n) is 9.69. The molecule has 0 radical (unpaired) electrons. The first kappa shape index (κ1) is 26.6. The van der Waals surface area contributed by atoms with Gasteiger partial charge in [-0.3, -0.25) is 5.09 Å². The van der Waals surface area contributed by atoms with E-state index in [0.29, 0.717) is 0 Å².